The monoisotopic (exact) mass is 263 g/mol. The maximum absolute atomic E-state index is 12.1. The van der Waals surface area contributed by atoms with Crippen LogP contribution in [0.5, 0.6) is 0 Å². The number of aliphatic carboxylic acids is 1. The van der Waals surface area contributed by atoms with Crippen LogP contribution in [0.3, 0.4) is 0 Å². The van der Waals surface area contributed by atoms with Crippen LogP contribution in [0.1, 0.15) is 20.3 Å². The fourth-order valence-electron chi connectivity index (χ4n) is 2.65. The van der Waals surface area contributed by atoms with E-state index in [1.165, 1.54) is 13.8 Å². The summed E-state index contributed by atoms with van der Waals surface area (Å²) in [5.74, 6) is -2.05. The molecular formula is C9H13NO6S. The molecule has 0 aromatic heterocycles. The quantitative estimate of drug-likeness (QED) is 0.590. The van der Waals surface area contributed by atoms with Crippen molar-refractivity contribution in [1.29, 1.82) is 0 Å². The maximum Gasteiger partial charge on any atom is 0.333 e. The van der Waals surface area contributed by atoms with Gasteiger partial charge in [-0.25, -0.2) is 13.2 Å². The number of carboxylic acid groups (broad SMARTS) is 1. The number of hydrogen-bond acceptors (Lipinski definition) is 5. The molecule has 2 rings (SSSR count). The zero-order valence-corrected chi connectivity index (χ0v) is 10.2. The third-order valence-corrected chi connectivity index (χ3v) is 6.82. The first-order chi connectivity index (χ1) is 7.64. The Morgan fingerprint density at radius 2 is 2.06 bits per heavy atom. The normalized spacial score (nSPS) is 37.5. The molecule has 0 saturated carbocycles. The number of hydrogen-bond donors (Lipinski definition) is 2. The molecular weight excluding hydrogens is 250 g/mol. The van der Waals surface area contributed by atoms with Gasteiger partial charge in [-0.3, -0.25) is 4.79 Å². The lowest BCUT2D eigenvalue weighted by molar-refractivity contribution is -0.171. The zero-order valence-electron chi connectivity index (χ0n) is 9.37. The van der Waals surface area contributed by atoms with Gasteiger partial charge >= 0.3 is 5.97 Å². The van der Waals surface area contributed by atoms with Crippen molar-refractivity contribution in [3.63, 3.8) is 0 Å². The second kappa shape index (κ2) is 2.99. The van der Waals surface area contributed by atoms with Gasteiger partial charge in [0, 0.05) is 0 Å². The molecule has 96 valence electrons. The van der Waals surface area contributed by atoms with Crippen LogP contribution in [0, 0.1) is 0 Å². The zero-order chi connectivity index (χ0) is 13.2. The molecule has 2 N–H and O–H groups in total. The molecule has 0 unspecified atom stereocenters. The van der Waals surface area contributed by atoms with E-state index in [2.05, 4.69) is 0 Å². The fourth-order valence-corrected chi connectivity index (χ4v) is 4.99. The molecule has 17 heavy (non-hydrogen) atoms. The van der Waals surface area contributed by atoms with E-state index in [1.807, 2.05) is 0 Å². The lowest BCUT2D eigenvalue weighted by Gasteiger charge is -2.43. The van der Waals surface area contributed by atoms with E-state index < -0.39 is 44.0 Å². The SMILES string of the molecule is CC1(C)[C@](CO)(C(=O)O)N2C(=O)C[C@H]2S1(=O)=O. The fraction of sp³-hybridized carbons (Fsp3) is 0.778. The first kappa shape index (κ1) is 12.3. The van der Waals surface area contributed by atoms with E-state index >= 15 is 0 Å². The number of nitrogens with zero attached hydrogens (tertiary/aromatic N) is 1. The summed E-state index contributed by atoms with van der Waals surface area (Å²) in [5.41, 5.74) is -2.08. The molecule has 0 aromatic carbocycles. The van der Waals surface area contributed by atoms with Crippen LogP contribution in [-0.2, 0) is 19.4 Å². The summed E-state index contributed by atoms with van der Waals surface area (Å²) in [6.45, 7) is 1.55. The molecule has 2 fully saturated rings. The van der Waals surface area contributed by atoms with Crippen LogP contribution in [0.15, 0.2) is 0 Å². The molecule has 0 aliphatic carbocycles. The number of carbonyl (C=O) groups is 2. The second-order valence-corrected chi connectivity index (χ2v) is 7.46. The van der Waals surface area contributed by atoms with Crippen molar-refractivity contribution in [1.82, 2.24) is 4.90 Å². The number of rotatable bonds is 2. The van der Waals surface area contributed by atoms with Crippen molar-refractivity contribution in [2.45, 2.75) is 35.9 Å². The number of aliphatic hydroxyl groups is 1. The Bertz CT molecular complexity index is 510. The minimum Gasteiger partial charge on any atom is -0.479 e. The largest absolute Gasteiger partial charge is 0.479 e. The molecule has 0 bridgehead atoms. The van der Waals surface area contributed by atoms with E-state index in [0.717, 1.165) is 4.90 Å². The number of carbonyl (C=O) groups excluding carboxylic acids is 1. The van der Waals surface area contributed by atoms with Crippen molar-refractivity contribution in [2.24, 2.45) is 0 Å². The van der Waals surface area contributed by atoms with E-state index in [4.69, 9.17) is 0 Å². The number of fused-ring (bicyclic) bond motifs is 1. The van der Waals surface area contributed by atoms with Gasteiger partial charge in [0.15, 0.2) is 15.4 Å². The summed E-state index contributed by atoms with van der Waals surface area (Å²) >= 11 is 0. The number of β-lactam (4-membered cyclic amide) rings is 1. The molecule has 8 heteroatoms. The molecule has 0 aromatic rings. The van der Waals surface area contributed by atoms with Gasteiger partial charge in [0.25, 0.3) is 0 Å². The topological polar surface area (TPSA) is 112 Å². The standard InChI is InChI=1S/C9H13NO6S/c1-8(2)9(4-11,7(13)14)10-5(12)3-6(10)17(8,15)16/h6,11H,3-4H2,1-2H3,(H,13,14)/t6-,9+/m1/s1. The Labute approximate surface area is 97.9 Å². The van der Waals surface area contributed by atoms with Crippen molar-refractivity contribution in [3.05, 3.63) is 0 Å². The lowest BCUT2D eigenvalue weighted by Crippen LogP contribution is -2.69. The first-order valence-electron chi connectivity index (χ1n) is 5.04. The van der Waals surface area contributed by atoms with Crippen LogP contribution in [0.2, 0.25) is 0 Å². The molecule has 1 amide bonds. The number of amides is 1. The maximum atomic E-state index is 12.1. The Kier molecular flexibility index (Phi) is 2.17. The Morgan fingerprint density at radius 1 is 1.53 bits per heavy atom. The highest BCUT2D eigenvalue weighted by Crippen LogP contribution is 2.52. The lowest BCUT2D eigenvalue weighted by atomic mass is 9.82. The summed E-state index contributed by atoms with van der Waals surface area (Å²) in [6.07, 6.45) is -0.208. The van der Waals surface area contributed by atoms with Gasteiger partial charge in [0.05, 0.1) is 13.0 Å². The molecule has 2 aliphatic rings. The third kappa shape index (κ3) is 0.987. The molecule has 2 aliphatic heterocycles. The van der Waals surface area contributed by atoms with Gasteiger partial charge in [-0.05, 0) is 13.8 Å². The van der Waals surface area contributed by atoms with Gasteiger partial charge in [0.2, 0.25) is 5.91 Å². The number of aliphatic hydroxyl groups excluding tert-OH is 1. The van der Waals surface area contributed by atoms with Crippen LogP contribution >= 0.6 is 0 Å². The van der Waals surface area contributed by atoms with Gasteiger partial charge in [0.1, 0.15) is 10.1 Å². The van der Waals surface area contributed by atoms with Crippen LogP contribution in [0.4, 0.5) is 0 Å². The summed E-state index contributed by atoms with van der Waals surface area (Å²) in [4.78, 5) is 23.6. The molecule has 0 spiro atoms. The summed E-state index contributed by atoms with van der Waals surface area (Å²) in [7, 11) is -3.80. The molecule has 2 saturated heterocycles. The summed E-state index contributed by atoms with van der Waals surface area (Å²) in [6, 6.07) is 0. The molecule has 2 heterocycles. The second-order valence-electron chi connectivity index (χ2n) is 4.80. The highest BCUT2D eigenvalue weighted by molar-refractivity contribution is 7.93. The molecule has 2 atom stereocenters. The summed E-state index contributed by atoms with van der Waals surface area (Å²) in [5, 5.41) is 17.5. The Morgan fingerprint density at radius 3 is 2.35 bits per heavy atom. The van der Waals surface area contributed by atoms with Gasteiger partial charge in [-0.15, -0.1) is 0 Å². The highest BCUT2D eigenvalue weighted by atomic mass is 32.2. The van der Waals surface area contributed by atoms with Crippen LogP contribution in [-0.4, -0.2) is 57.7 Å². The van der Waals surface area contributed by atoms with Crippen molar-refractivity contribution in [2.75, 3.05) is 6.61 Å². The number of carboxylic acids is 1. The van der Waals surface area contributed by atoms with Crippen LogP contribution < -0.4 is 0 Å². The predicted molar refractivity (Wildman–Crippen MR) is 55.7 cm³/mol. The van der Waals surface area contributed by atoms with Crippen molar-refractivity contribution >= 4 is 21.7 Å². The smallest absolute Gasteiger partial charge is 0.333 e. The van der Waals surface area contributed by atoms with E-state index in [9.17, 15) is 28.2 Å². The Hall–Kier alpha value is -1.15. The Balaban J connectivity index is 2.74. The predicted octanol–water partition coefficient (Wildman–Crippen LogP) is -1.43. The minimum atomic E-state index is -3.80. The first-order valence-corrected chi connectivity index (χ1v) is 6.59. The van der Waals surface area contributed by atoms with Crippen LogP contribution in [0.25, 0.3) is 0 Å². The van der Waals surface area contributed by atoms with E-state index in [-0.39, 0.29) is 6.42 Å². The molecule has 0 radical (unpaired) electrons. The highest BCUT2D eigenvalue weighted by Gasteiger charge is 2.76. The molecule has 7 nitrogen and oxygen atoms in total. The van der Waals surface area contributed by atoms with E-state index in [0.29, 0.717) is 0 Å². The summed E-state index contributed by atoms with van der Waals surface area (Å²) < 4.78 is 22.6. The van der Waals surface area contributed by atoms with E-state index in [1.54, 1.807) is 0 Å². The average molecular weight is 263 g/mol. The van der Waals surface area contributed by atoms with Gasteiger partial charge in [-0.1, -0.05) is 0 Å². The van der Waals surface area contributed by atoms with Crippen molar-refractivity contribution in [3.8, 4) is 0 Å². The third-order valence-electron chi connectivity index (χ3n) is 3.97. The van der Waals surface area contributed by atoms with Crippen molar-refractivity contribution < 1.29 is 28.2 Å². The average Bonchev–Trinajstić information content (AvgIpc) is 2.30. The van der Waals surface area contributed by atoms with Gasteiger partial charge in [-0.2, -0.15) is 0 Å². The van der Waals surface area contributed by atoms with Gasteiger partial charge < -0.3 is 15.1 Å². The minimum absolute atomic E-state index is 0.208. The number of sulfone groups is 1.